The predicted octanol–water partition coefficient (Wildman–Crippen LogP) is 5.31. The first-order chi connectivity index (χ1) is 13.8. The van der Waals surface area contributed by atoms with Crippen molar-refractivity contribution in [3.63, 3.8) is 0 Å². The van der Waals surface area contributed by atoms with Crippen molar-refractivity contribution >= 4 is 17.5 Å². The molecule has 0 radical (unpaired) electrons. The third kappa shape index (κ3) is 3.18. The van der Waals surface area contributed by atoms with E-state index in [0.717, 1.165) is 17.8 Å². The Bertz CT molecular complexity index is 916. The molecule has 1 aromatic carbocycles. The SMILES string of the molecule is Cc1nn(-c2ccc(F)cc2)c(Cl)c1C(=O)N[C@@H](C)C12CC3CC(CC(C3)C1)C2. The van der Waals surface area contributed by atoms with Crippen LogP contribution < -0.4 is 5.32 Å². The van der Waals surface area contributed by atoms with E-state index in [1.807, 2.05) is 0 Å². The number of nitrogens with one attached hydrogen (secondary N) is 1. The summed E-state index contributed by atoms with van der Waals surface area (Å²) in [7, 11) is 0. The van der Waals surface area contributed by atoms with Crippen molar-refractivity contribution in [1.29, 1.82) is 0 Å². The van der Waals surface area contributed by atoms with Crippen molar-refractivity contribution in [1.82, 2.24) is 15.1 Å². The number of amides is 1. The number of carbonyl (C=O) groups excluding carboxylic acids is 1. The summed E-state index contributed by atoms with van der Waals surface area (Å²) in [5, 5.41) is 7.97. The Morgan fingerprint density at radius 3 is 2.28 bits per heavy atom. The molecule has 6 heteroatoms. The van der Waals surface area contributed by atoms with Gasteiger partial charge in [-0.25, -0.2) is 9.07 Å². The van der Waals surface area contributed by atoms with E-state index in [0.29, 0.717) is 16.9 Å². The number of aryl methyl sites for hydroxylation is 1. The van der Waals surface area contributed by atoms with Crippen LogP contribution in [0.25, 0.3) is 5.69 Å². The first-order valence-electron chi connectivity index (χ1n) is 10.7. The molecule has 0 saturated heterocycles. The highest BCUT2D eigenvalue weighted by Gasteiger charge is 2.53. The molecule has 2 aromatic rings. The van der Waals surface area contributed by atoms with Crippen LogP contribution in [-0.4, -0.2) is 21.7 Å². The molecule has 154 valence electrons. The third-order valence-electron chi connectivity index (χ3n) is 7.65. The van der Waals surface area contributed by atoms with Gasteiger partial charge in [-0.2, -0.15) is 5.10 Å². The van der Waals surface area contributed by atoms with E-state index in [4.69, 9.17) is 11.6 Å². The van der Waals surface area contributed by atoms with E-state index in [-0.39, 0.29) is 28.3 Å². The quantitative estimate of drug-likeness (QED) is 0.735. The largest absolute Gasteiger partial charge is 0.349 e. The molecule has 0 unspecified atom stereocenters. The fourth-order valence-electron chi connectivity index (χ4n) is 6.64. The summed E-state index contributed by atoms with van der Waals surface area (Å²) in [6.07, 6.45) is 7.87. The van der Waals surface area contributed by atoms with Crippen molar-refractivity contribution in [2.24, 2.45) is 23.2 Å². The number of carbonyl (C=O) groups is 1. The van der Waals surface area contributed by atoms with Crippen LogP contribution in [0.2, 0.25) is 5.15 Å². The molecule has 6 rings (SSSR count). The molecule has 0 aliphatic heterocycles. The van der Waals surface area contributed by atoms with Gasteiger partial charge in [0, 0.05) is 6.04 Å². The van der Waals surface area contributed by atoms with E-state index < -0.39 is 0 Å². The van der Waals surface area contributed by atoms with E-state index in [2.05, 4.69) is 17.3 Å². The number of hydrogen-bond acceptors (Lipinski definition) is 2. The van der Waals surface area contributed by atoms with Crippen LogP contribution in [-0.2, 0) is 0 Å². The topological polar surface area (TPSA) is 46.9 Å². The van der Waals surface area contributed by atoms with Gasteiger partial charge in [-0.05, 0) is 99.8 Å². The van der Waals surface area contributed by atoms with Crippen molar-refractivity contribution in [3.8, 4) is 5.69 Å². The highest BCUT2D eigenvalue weighted by atomic mass is 35.5. The smallest absolute Gasteiger partial charge is 0.256 e. The van der Waals surface area contributed by atoms with Crippen LogP contribution in [0.3, 0.4) is 0 Å². The normalized spacial score (nSPS) is 31.1. The average molecular weight is 416 g/mol. The van der Waals surface area contributed by atoms with Crippen LogP contribution in [0.5, 0.6) is 0 Å². The maximum atomic E-state index is 13.2. The zero-order valence-electron chi connectivity index (χ0n) is 16.9. The second kappa shape index (κ2) is 6.83. The molecule has 4 bridgehead atoms. The molecule has 4 fully saturated rings. The molecule has 1 aromatic heterocycles. The molecule has 1 heterocycles. The van der Waals surface area contributed by atoms with Gasteiger partial charge in [0.1, 0.15) is 11.0 Å². The number of aromatic nitrogens is 2. The Kier molecular flexibility index (Phi) is 4.50. The lowest BCUT2D eigenvalue weighted by Gasteiger charge is -2.59. The number of benzene rings is 1. The van der Waals surface area contributed by atoms with Crippen molar-refractivity contribution in [3.05, 3.63) is 46.5 Å². The first-order valence-corrected chi connectivity index (χ1v) is 11.0. The zero-order valence-corrected chi connectivity index (χ0v) is 17.7. The monoisotopic (exact) mass is 415 g/mol. The van der Waals surface area contributed by atoms with Crippen LogP contribution in [0.4, 0.5) is 4.39 Å². The molecule has 29 heavy (non-hydrogen) atoms. The van der Waals surface area contributed by atoms with Gasteiger partial charge in [0.2, 0.25) is 0 Å². The standard InChI is InChI=1S/C23H27ClFN3O/c1-13-20(21(24)28(27-13)19-5-3-18(25)4-6-19)22(29)26-14(2)23-10-15-7-16(11-23)9-17(8-15)12-23/h3-6,14-17H,7-12H2,1-2H3,(H,26,29)/t14-,15?,16?,17?,23?/m0/s1. The summed E-state index contributed by atoms with van der Waals surface area (Å²) in [6, 6.07) is 6.05. The molecule has 4 saturated carbocycles. The summed E-state index contributed by atoms with van der Waals surface area (Å²) in [4.78, 5) is 13.2. The van der Waals surface area contributed by atoms with Gasteiger partial charge >= 0.3 is 0 Å². The molecule has 1 amide bonds. The molecular weight excluding hydrogens is 389 g/mol. The van der Waals surface area contributed by atoms with Crippen LogP contribution >= 0.6 is 11.6 Å². The fraction of sp³-hybridized carbons (Fsp3) is 0.565. The minimum absolute atomic E-state index is 0.119. The summed E-state index contributed by atoms with van der Waals surface area (Å²) in [5.74, 6) is 2.03. The molecule has 4 aliphatic carbocycles. The van der Waals surface area contributed by atoms with Gasteiger partial charge in [-0.3, -0.25) is 4.79 Å². The second-order valence-electron chi connectivity index (χ2n) is 9.61. The summed E-state index contributed by atoms with van der Waals surface area (Å²) < 4.78 is 14.7. The van der Waals surface area contributed by atoms with E-state index in [9.17, 15) is 9.18 Å². The Balaban J connectivity index is 1.38. The van der Waals surface area contributed by atoms with Crippen LogP contribution in [0.15, 0.2) is 24.3 Å². The average Bonchev–Trinajstić information content (AvgIpc) is 2.95. The van der Waals surface area contributed by atoms with Gasteiger partial charge < -0.3 is 5.32 Å². The molecule has 1 N–H and O–H groups in total. The molecule has 4 nitrogen and oxygen atoms in total. The number of halogens is 2. The maximum absolute atomic E-state index is 13.2. The van der Waals surface area contributed by atoms with Crippen molar-refractivity contribution in [2.75, 3.05) is 0 Å². The van der Waals surface area contributed by atoms with Crippen LogP contribution in [0, 0.1) is 35.9 Å². The Morgan fingerprint density at radius 1 is 1.17 bits per heavy atom. The highest BCUT2D eigenvalue weighted by Crippen LogP contribution is 2.61. The highest BCUT2D eigenvalue weighted by molar-refractivity contribution is 6.33. The van der Waals surface area contributed by atoms with E-state index >= 15 is 0 Å². The predicted molar refractivity (Wildman–Crippen MR) is 111 cm³/mol. The van der Waals surface area contributed by atoms with E-state index in [1.165, 1.54) is 55.3 Å². The van der Waals surface area contributed by atoms with Gasteiger partial charge in [0.05, 0.1) is 16.9 Å². The minimum Gasteiger partial charge on any atom is -0.349 e. The van der Waals surface area contributed by atoms with Crippen LogP contribution in [0.1, 0.15) is 61.5 Å². The minimum atomic E-state index is -0.323. The first kappa shape index (κ1) is 19.1. The van der Waals surface area contributed by atoms with Crippen molar-refractivity contribution < 1.29 is 9.18 Å². The molecule has 1 atom stereocenters. The summed E-state index contributed by atoms with van der Waals surface area (Å²) >= 11 is 6.55. The third-order valence-corrected chi connectivity index (χ3v) is 8.00. The molecule has 4 aliphatic rings. The lowest BCUT2D eigenvalue weighted by atomic mass is 9.48. The van der Waals surface area contributed by atoms with Gasteiger partial charge in [0.15, 0.2) is 0 Å². The Morgan fingerprint density at radius 2 is 1.72 bits per heavy atom. The molecular formula is C23H27ClFN3O. The van der Waals surface area contributed by atoms with Gasteiger partial charge in [-0.1, -0.05) is 11.6 Å². The second-order valence-corrected chi connectivity index (χ2v) is 9.97. The lowest BCUT2D eigenvalue weighted by Crippen LogP contribution is -2.55. The summed E-state index contributed by atoms with van der Waals surface area (Å²) in [5.41, 5.74) is 1.85. The van der Waals surface area contributed by atoms with Gasteiger partial charge in [-0.15, -0.1) is 0 Å². The lowest BCUT2D eigenvalue weighted by molar-refractivity contribution is -0.0688. The molecule has 0 spiro atoms. The summed E-state index contributed by atoms with van der Waals surface area (Å²) in [6.45, 7) is 3.95. The van der Waals surface area contributed by atoms with Gasteiger partial charge in [0.25, 0.3) is 5.91 Å². The Hall–Kier alpha value is -1.88. The zero-order chi connectivity index (χ0) is 20.3. The number of hydrogen-bond donors (Lipinski definition) is 1. The fourth-order valence-corrected chi connectivity index (χ4v) is 7.00. The Labute approximate surface area is 175 Å². The number of nitrogens with zero attached hydrogens (tertiary/aromatic N) is 2. The van der Waals surface area contributed by atoms with E-state index in [1.54, 1.807) is 19.1 Å². The van der Waals surface area contributed by atoms with Crippen molar-refractivity contribution in [2.45, 2.75) is 58.4 Å². The maximum Gasteiger partial charge on any atom is 0.256 e. The number of rotatable bonds is 4.